The first-order chi connectivity index (χ1) is 5.72. The highest BCUT2D eigenvalue weighted by molar-refractivity contribution is 5.01. The third kappa shape index (κ3) is 2.08. The topological polar surface area (TPSA) is 18.5 Å². The number of allylic oxidation sites excluding steroid dienone is 1. The molecule has 1 aliphatic rings. The second kappa shape index (κ2) is 4.06. The molecule has 0 amide bonds. The van der Waals surface area contributed by atoms with Crippen LogP contribution in [-0.4, -0.2) is 19.5 Å². The summed E-state index contributed by atoms with van der Waals surface area (Å²) in [7, 11) is 1.73. The van der Waals surface area contributed by atoms with Crippen molar-refractivity contribution in [1.29, 1.82) is 0 Å². The molecular formula is C10H18O2. The van der Waals surface area contributed by atoms with Gasteiger partial charge in [0.2, 0.25) is 0 Å². The first-order valence-electron chi connectivity index (χ1n) is 4.58. The van der Waals surface area contributed by atoms with Gasteiger partial charge in [-0.25, -0.2) is 0 Å². The summed E-state index contributed by atoms with van der Waals surface area (Å²) in [5, 5.41) is 0. The van der Waals surface area contributed by atoms with Crippen molar-refractivity contribution in [2.75, 3.05) is 13.7 Å². The second-order valence-corrected chi connectivity index (χ2v) is 3.30. The maximum atomic E-state index is 5.60. The van der Waals surface area contributed by atoms with Crippen LogP contribution in [0.25, 0.3) is 0 Å². The van der Waals surface area contributed by atoms with Crippen LogP contribution in [0.2, 0.25) is 0 Å². The van der Waals surface area contributed by atoms with Crippen LogP contribution in [-0.2, 0) is 9.47 Å². The molecule has 0 bridgehead atoms. The molecular weight excluding hydrogens is 152 g/mol. The molecule has 1 fully saturated rings. The SMILES string of the molecule is C=C1CCC(OC)(OCC)CC1. The van der Waals surface area contributed by atoms with E-state index in [4.69, 9.17) is 9.47 Å². The molecule has 12 heavy (non-hydrogen) atoms. The van der Waals surface area contributed by atoms with E-state index >= 15 is 0 Å². The largest absolute Gasteiger partial charge is 0.353 e. The summed E-state index contributed by atoms with van der Waals surface area (Å²) in [6.45, 7) is 6.69. The number of hydrogen-bond acceptors (Lipinski definition) is 2. The van der Waals surface area contributed by atoms with Crippen LogP contribution < -0.4 is 0 Å². The molecule has 0 aromatic heterocycles. The maximum Gasteiger partial charge on any atom is 0.168 e. The zero-order valence-electron chi connectivity index (χ0n) is 8.06. The van der Waals surface area contributed by atoms with Crippen LogP contribution in [0.15, 0.2) is 12.2 Å². The Hall–Kier alpha value is -0.340. The fourth-order valence-electron chi connectivity index (χ4n) is 1.65. The Bertz CT molecular complexity index is 153. The van der Waals surface area contributed by atoms with E-state index < -0.39 is 0 Å². The molecule has 0 atom stereocenters. The lowest BCUT2D eigenvalue weighted by molar-refractivity contribution is -0.231. The Morgan fingerprint density at radius 1 is 1.42 bits per heavy atom. The van der Waals surface area contributed by atoms with Crippen molar-refractivity contribution >= 4 is 0 Å². The molecule has 0 heterocycles. The van der Waals surface area contributed by atoms with Gasteiger partial charge in [0.25, 0.3) is 0 Å². The Morgan fingerprint density at radius 2 is 2.00 bits per heavy atom. The van der Waals surface area contributed by atoms with Crippen LogP contribution in [0.3, 0.4) is 0 Å². The molecule has 0 saturated heterocycles. The standard InChI is InChI=1S/C10H18O2/c1-4-12-10(11-3)7-5-9(2)6-8-10/h2,4-8H2,1,3H3. The molecule has 2 heteroatoms. The number of hydrogen-bond donors (Lipinski definition) is 0. The highest BCUT2D eigenvalue weighted by Crippen LogP contribution is 2.34. The van der Waals surface area contributed by atoms with Gasteiger partial charge in [0.05, 0.1) is 0 Å². The van der Waals surface area contributed by atoms with Gasteiger partial charge in [0.15, 0.2) is 5.79 Å². The summed E-state index contributed by atoms with van der Waals surface area (Å²) in [6, 6.07) is 0. The van der Waals surface area contributed by atoms with Crippen molar-refractivity contribution in [3.8, 4) is 0 Å². The predicted octanol–water partition coefficient (Wildman–Crippen LogP) is 2.50. The Kier molecular flexibility index (Phi) is 3.29. The van der Waals surface area contributed by atoms with Gasteiger partial charge in [0, 0.05) is 26.6 Å². The summed E-state index contributed by atoms with van der Waals surface area (Å²) >= 11 is 0. The van der Waals surface area contributed by atoms with Crippen LogP contribution in [0.5, 0.6) is 0 Å². The smallest absolute Gasteiger partial charge is 0.168 e. The molecule has 1 aliphatic carbocycles. The van der Waals surface area contributed by atoms with Crippen molar-refractivity contribution in [3.63, 3.8) is 0 Å². The van der Waals surface area contributed by atoms with E-state index in [1.807, 2.05) is 6.92 Å². The minimum atomic E-state index is -0.310. The summed E-state index contributed by atoms with van der Waals surface area (Å²) in [5.41, 5.74) is 1.32. The quantitative estimate of drug-likeness (QED) is 0.478. The van der Waals surface area contributed by atoms with Gasteiger partial charge in [0.1, 0.15) is 0 Å². The highest BCUT2D eigenvalue weighted by Gasteiger charge is 2.33. The molecule has 1 rings (SSSR count). The lowest BCUT2D eigenvalue weighted by atomic mass is 9.90. The number of rotatable bonds is 3. The minimum absolute atomic E-state index is 0.310. The monoisotopic (exact) mass is 170 g/mol. The van der Waals surface area contributed by atoms with Gasteiger partial charge in [-0.3, -0.25) is 0 Å². The summed E-state index contributed by atoms with van der Waals surface area (Å²) < 4.78 is 11.0. The summed E-state index contributed by atoms with van der Waals surface area (Å²) in [4.78, 5) is 0. The molecule has 70 valence electrons. The zero-order valence-corrected chi connectivity index (χ0v) is 8.06. The molecule has 0 spiro atoms. The second-order valence-electron chi connectivity index (χ2n) is 3.30. The molecule has 0 aromatic rings. The van der Waals surface area contributed by atoms with Crippen LogP contribution >= 0.6 is 0 Å². The molecule has 0 N–H and O–H groups in total. The Balaban J connectivity index is 2.50. The van der Waals surface area contributed by atoms with Crippen molar-refractivity contribution < 1.29 is 9.47 Å². The minimum Gasteiger partial charge on any atom is -0.353 e. The van der Waals surface area contributed by atoms with E-state index in [0.29, 0.717) is 0 Å². The fraction of sp³-hybridized carbons (Fsp3) is 0.800. The molecule has 0 aliphatic heterocycles. The molecule has 2 nitrogen and oxygen atoms in total. The molecule has 0 unspecified atom stereocenters. The van der Waals surface area contributed by atoms with E-state index in [1.165, 1.54) is 5.57 Å². The van der Waals surface area contributed by atoms with Gasteiger partial charge in [-0.1, -0.05) is 12.2 Å². The van der Waals surface area contributed by atoms with Gasteiger partial charge < -0.3 is 9.47 Å². The summed E-state index contributed by atoms with van der Waals surface area (Å²) in [6.07, 6.45) is 3.98. The van der Waals surface area contributed by atoms with Crippen LogP contribution in [0, 0.1) is 0 Å². The first-order valence-corrected chi connectivity index (χ1v) is 4.58. The van der Waals surface area contributed by atoms with E-state index in [2.05, 4.69) is 6.58 Å². The zero-order chi connectivity index (χ0) is 9.03. The summed E-state index contributed by atoms with van der Waals surface area (Å²) in [5.74, 6) is -0.310. The fourth-order valence-corrected chi connectivity index (χ4v) is 1.65. The predicted molar refractivity (Wildman–Crippen MR) is 49.0 cm³/mol. The Labute approximate surface area is 74.6 Å². The lowest BCUT2D eigenvalue weighted by Gasteiger charge is -2.36. The Morgan fingerprint density at radius 3 is 2.42 bits per heavy atom. The third-order valence-corrected chi connectivity index (χ3v) is 2.50. The van der Waals surface area contributed by atoms with Gasteiger partial charge in [-0.15, -0.1) is 0 Å². The van der Waals surface area contributed by atoms with Crippen LogP contribution in [0.4, 0.5) is 0 Å². The van der Waals surface area contributed by atoms with Crippen molar-refractivity contribution in [1.82, 2.24) is 0 Å². The molecule has 1 saturated carbocycles. The number of ether oxygens (including phenoxy) is 2. The lowest BCUT2D eigenvalue weighted by Crippen LogP contribution is -2.37. The van der Waals surface area contributed by atoms with E-state index in [0.717, 1.165) is 32.3 Å². The average molecular weight is 170 g/mol. The van der Waals surface area contributed by atoms with Crippen molar-refractivity contribution in [2.24, 2.45) is 0 Å². The maximum absolute atomic E-state index is 5.60. The normalized spacial score (nSPS) is 22.7. The molecule has 0 aromatic carbocycles. The average Bonchev–Trinajstić information content (AvgIpc) is 2.10. The van der Waals surface area contributed by atoms with E-state index in [9.17, 15) is 0 Å². The van der Waals surface area contributed by atoms with Crippen LogP contribution in [0.1, 0.15) is 32.6 Å². The molecule has 0 radical (unpaired) electrons. The third-order valence-electron chi connectivity index (χ3n) is 2.50. The highest BCUT2D eigenvalue weighted by atomic mass is 16.7. The van der Waals surface area contributed by atoms with Gasteiger partial charge in [-0.2, -0.15) is 0 Å². The number of methoxy groups -OCH3 is 1. The van der Waals surface area contributed by atoms with Crippen molar-refractivity contribution in [3.05, 3.63) is 12.2 Å². The van der Waals surface area contributed by atoms with Gasteiger partial charge >= 0.3 is 0 Å². The van der Waals surface area contributed by atoms with Crippen molar-refractivity contribution in [2.45, 2.75) is 38.4 Å². The van der Waals surface area contributed by atoms with E-state index in [-0.39, 0.29) is 5.79 Å². The first kappa shape index (κ1) is 9.75. The van der Waals surface area contributed by atoms with E-state index in [1.54, 1.807) is 7.11 Å². The van der Waals surface area contributed by atoms with Gasteiger partial charge in [-0.05, 0) is 19.8 Å².